The molecule has 1 saturated heterocycles. The van der Waals surface area contributed by atoms with Gasteiger partial charge in [0, 0.05) is 18.7 Å². The minimum Gasteiger partial charge on any atom is -0.377 e. The summed E-state index contributed by atoms with van der Waals surface area (Å²) in [6.45, 7) is 3.10. The average molecular weight is 303 g/mol. The minimum absolute atomic E-state index is 0.0102. The number of nitro benzene ring substituents is 1. The number of nitrogens with one attached hydrogen (secondary N) is 2. The van der Waals surface area contributed by atoms with Crippen LogP contribution in [0, 0.1) is 15.5 Å². The standard InChI is InChI=1S/C14H17N5O3/c1-8-13(17-16-9-6-22-7-9)12(15)10-4-3-5-11(19(20)21)14(10)18(8)2/h3-5,8-9,15-16H,6-7H2,1-2H3/b15-12?,17-13-. The number of hydrogen-bond acceptors (Lipinski definition) is 7. The van der Waals surface area contributed by atoms with Crippen molar-refractivity contribution in [3.63, 3.8) is 0 Å². The minimum atomic E-state index is -0.415. The van der Waals surface area contributed by atoms with Crippen LogP contribution in [0.4, 0.5) is 11.4 Å². The summed E-state index contributed by atoms with van der Waals surface area (Å²) in [5, 5.41) is 23.9. The predicted octanol–water partition coefficient (Wildman–Crippen LogP) is 1.15. The van der Waals surface area contributed by atoms with Crippen LogP contribution >= 0.6 is 0 Å². The second-order valence-corrected chi connectivity index (χ2v) is 5.45. The number of anilines is 1. The van der Waals surface area contributed by atoms with Crippen LogP contribution in [-0.4, -0.2) is 48.7 Å². The Labute approximate surface area is 127 Å². The van der Waals surface area contributed by atoms with Crippen molar-refractivity contribution in [1.82, 2.24) is 5.43 Å². The van der Waals surface area contributed by atoms with Crippen molar-refractivity contribution in [2.45, 2.75) is 19.0 Å². The lowest BCUT2D eigenvalue weighted by atomic mass is 9.92. The maximum atomic E-state index is 11.2. The number of rotatable bonds is 3. The molecule has 0 aliphatic carbocycles. The highest BCUT2D eigenvalue weighted by Gasteiger charge is 2.35. The molecule has 8 heteroatoms. The molecule has 2 aliphatic rings. The fourth-order valence-corrected chi connectivity index (χ4v) is 2.60. The molecule has 0 spiro atoms. The van der Waals surface area contributed by atoms with Crippen molar-refractivity contribution in [3.8, 4) is 0 Å². The van der Waals surface area contributed by atoms with Crippen LogP contribution in [0.15, 0.2) is 23.3 Å². The van der Waals surface area contributed by atoms with E-state index in [0.717, 1.165) is 0 Å². The molecule has 116 valence electrons. The maximum absolute atomic E-state index is 11.2. The number of nitrogens with zero attached hydrogens (tertiary/aromatic N) is 3. The third kappa shape index (κ3) is 2.21. The Morgan fingerprint density at radius 3 is 2.82 bits per heavy atom. The van der Waals surface area contributed by atoms with E-state index in [9.17, 15) is 10.1 Å². The number of ether oxygens (including phenoxy) is 1. The van der Waals surface area contributed by atoms with Gasteiger partial charge in [-0.1, -0.05) is 12.1 Å². The molecule has 2 N–H and O–H groups in total. The summed E-state index contributed by atoms with van der Waals surface area (Å²) in [5.74, 6) is 0. The van der Waals surface area contributed by atoms with Gasteiger partial charge in [0.25, 0.3) is 5.69 Å². The molecule has 8 nitrogen and oxygen atoms in total. The third-order valence-electron chi connectivity index (χ3n) is 4.07. The van der Waals surface area contributed by atoms with Gasteiger partial charge in [0.1, 0.15) is 11.4 Å². The van der Waals surface area contributed by atoms with Crippen molar-refractivity contribution in [2.24, 2.45) is 5.10 Å². The number of nitro groups is 1. The topological polar surface area (TPSA) is 104 Å². The molecule has 1 aromatic rings. The first-order valence-corrected chi connectivity index (χ1v) is 7.01. The Morgan fingerprint density at radius 1 is 1.50 bits per heavy atom. The van der Waals surface area contributed by atoms with Gasteiger partial charge in [-0.2, -0.15) is 5.10 Å². The first-order valence-electron chi connectivity index (χ1n) is 7.01. The molecule has 2 aliphatic heterocycles. The number of hydrazone groups is 1. The van der Waals surface area contributed by atoms with E-state index < -0.39 is 4.92 Å². The SMILES string of the molecule is CC1/C(=N/NC2COC2)C(=N)c2cccc([N+](=O)[O-])c2N1C. The fourth-order valence-electron chi connectivity index (χ4n) is 2.60. The van der Waals surface area contributed by atoms with Gasteiger partial charge in [0.05, 0.1) is 35.9 Å². The lowest BCUT2D eigenvalue weighted by Crippen LogP contribution is -2.49. The second-order valence-electron chi connectivity index (χ2n) is 5.45. The van der Waals surface area contributed by atoms with Crippen LogP contribution in [0.3, 0.4) is 0 Å². The summed E-state index contributed by atoms with van der Waals surface area (Å²) in [4.78, 5) is 12.6. The molecule has 0 amide bonds. The van der Waals surface area contributed by atoms with E-state index in [1.807, 2.05) is 6.92 Å². The summed E-state index contributed by atoms with van der Waals surface area (Å²) >= 11 is 0. The Kier molecular flexibility index (Phi) is 3.53. The van der Waals surface area contributed by atoms with E-state index in [1.165, 1.54) is 6.07 Å². The molecule has 0 radical (unpaired) electrons. The van der Waals surface area contributed by atoms with Gasteiger partial charge in [-0.15, -0.1) is 0 Å². The van der Waals surface area contributed by atoms with Gasteiger partial charge in [-0.05, 0) is 6.92 Å². The zero-order chi connectivity index (χ0) is 15.9. The lowest BCUT2D eigenvalue weighted by Gasteiger charge is -2.35. The molecular formula is C14H17N5O3. The number of para-hydroxylation sites is 1. The van der Waals surface area contributed by atoms with Crippen molar-refractivity contribution < 1.29 is 9.66 Å². The van der Waals surface area contributed by atoms with Gasteiger partial charge in [-0.3, -0.25) is 15.5 Å². The van der Waals surface area contributed by atoms with Gasteiger partial charge in [0.2, 0.25) is 0 Å². The molecule has 22 heavy (non-hydrogen) atoms. The van der Waals surface area contributed by atoms with E-state index in [-0.39, 0.29) is 23.5 Å². The highest BCUT2D eigenvalue weighted by atomic mass is 16.6. The molecule has 1 aromatic carbocycles. The monoisotopic (exact) mass is 303 g/mol. The van der Waals surface area contributed by atoms with Gasteiger partial charge in [0.15, 0.2) is 0 Å². The third-order valence-corrected chi connectivity index (χ3v) is 4.07. The van der Waals surface area contributed by atoms with E-state index in [0.29, 0.717) is 30.2 Å². The molecule has 0 bridgehead atoms. The van der Waals surface area contributed by atoms with Gasteiger partial charge >= 0.3 is 0 Å². The zero-order valence-electron chi connectivity index (χ0n) is 12.4. The summed E-state index contributed by atoms with van der Waals surface area (Å²) in [7, 11) is 1.78. The summed E-state index contributed by atoms with van der Waals surface area (Å²) in [5.41, 5.74) is 4.80. The molecule has 0 saturated carbocycles. The molecule has 2 heterocycles. The van der Waals surface area contributed by atoms with Gasteiger partial charge < -0.3 is 15.1 Å². The maximum Gasteiger partial charge on any atom is 0.293 e. The van der Waals surface area contributed by atoms with Crippen LogP contribution in [0.5, 0.6) is 0 Å². The molecule has 1 unspecified atom stereocenters. The van der Waals surface area contributed by atoms with E-state index in [2.05, 4.69) is 10.5 Å². The van der Waals surface area contributed by atoms with Crippen LogP contribution in [-0.2, 0) is 4.74 Å². The summed E-state index contributed by atoms with van der Waals surface area (Å²) < 4.78 is 5.08. The molecule has 1 fully saturated rings. The zero-order valence-corrected chi connectivity index (χ0v) is 12.4. The van der Waals surface area contributed by atoms with E-state index >= 15 is 0 Å². The summed E-state index contributed by atoms with van der Waals surface area (Å²) in [6.07, 6.45) is 0. The largest absolute Gasteiger partial charge is 0.377 e. The van der Waals surface area contributed by atoms with Crippen molar-refractivity contribution in [3.05, 3.63) is 33.9 Å². The fraction of sp³-hybridized carbons (Fsp3) is 0.429. The average Bonchev–Trinajstić information content (AvgIpc) is 2.45. The van der Waals surface area contributed by atoms with Crippen LogP contribution in [0.25, 0.3) is 0 Å². The van der Waals surface area contributed by atoms with Crippen LogP contribution in [0.1, 0.15) is 12.5 Å². The normalized spacial score (nSPS) is 23.2. The Hall–Kier alpha value is -2.48. The first-order chi connectivity index (χ1) is 10.5. The molecule has 0 aromatic heterocycles. The highest BCUT2D eigenvalue weighted by Crippen LogP contribution is 2.36. The van der Waals surface area contributed by atoms with E-state index in [4.69, 9.17) is 10.1 Å². The molecule has 3 rings (SSSR count). The molecular weight excluding hydrogens is 286 g/mol. The van der Waals surface area contributed by atoms with E-state index in [1.54, 1.807) is 24.1 Å². The quantitative estimate of drug-likeness (QED) is 0.644. The predicted molar refractivity (Wildman–Crippen MR) is 83.0 cm³/mol. The van der Waals surface area contributed by atoms with Crippen molar-refractivity contribution in [1.29, 1.82) is 5.41 Å². The van der Waals surface area contributed by atoms with Crippen LogP contribution in [0.2, 0.25) is 0 Å². The molecule has 1 atom stereocenters. The summed E-state index contributed by atoms with van der Waals surface area (Å²) in [6, 6.07) is 4.72. The van der Waals surface area contributed by atoms with Crippen LogP contribution < -0.4 is 10.3 Å². The Bertz CT molecular complexity index is 668. The Morgan fingerprint density at radius 2 is 2.23 bits per heavy atom. The highest BCUT2D eigenvalue weighted by molar-refractivity contribution is 6.51. The first kappa shape index (κ1) is 14.5. The number of fused-ring (bicyclic) bond motifs is 1. The number of hydrogen-bond donors (Lipinski definition) is 2. The lowest BCUT2D eigenvalue weighted by molar-refractivity contribution is -0.384. The van der Waals surface area contributed by atoms with Crippen molar-refractivity contribution in [2.75, 3.05) is 25.2 Å². The Balaban J connectivity index is 2.01. The number of benzene rings is 1. The van der Waals surface area contributed by atoms with Gasteiger partial charge in [-0.25, -0.2) is 0 Å². The smallest absolute Gasteiger partial charge is 0.293 e. The van der Waals surface area contributed by atoms with Crippen molar-refractivity contribution >= 4 is 22.8 Å². The second kappa shape index (κ2) is 5.38.